The Bertz CT molecular complexity index is 1130. The first-order chi connectivity index (χ1) is 14.3. The van der Waals surface area contributed by atoms with E-state index < -0.39 is 37.7 Å². The molecule has 3 rings (SSSR count). The van der Waals surface area contributed by atoms with Crippen LogP contribution < -0.4 is 10.6 Å². The van der Waals surface area contributed by atoms with Crippen LogP contribution in [0.25, 0.3) is 0 Å². The molecule has 166 valence electrons. The molecular weight excluding hydrogens is 437 g/mol. The summed E-state index contributed by atoms with van der Waals surface area (Å²) < 4.78 is 61.3. The number of carbonyl (C=O) groups excluding carboxylic acids is 2. The van der Waals surface area contributed by atoms with Crippen LogP contribution in [0.15, 0.2) is 47.5 Å². The molecule has 0 spiro atoms. The van der Waals surface area contributed by atoms with Crippen molar-refractivity contribution in [3.05, 3.63) is 53.9 Å². The molecule has 0 bridgehead atoms. The van der Waals surface area contributed by atoms with Crippen molar-refractivity contribution in [2.75, 3.05) is 4.90 Å². The van der Waals surface area contributed by atoms with Crippen molar-refractivity contribution in [1.82, 2.24) is 9.88 Å². The number of amides is 3. The number of hydrogen-bond acceptors (Lipinski definition) is 6. The van der Waals surface area contributed by atoms with E-state index in [1.165, 1.54) is 11.1 Å². The number of anilines is 1. The number of benzene rings is 1. The van der Waals surface area contributed by atoms with E-state index in [1.807, 2.05) is 0 Å². The summed E-state index contributed by atoms with van der Waals surface area (Å²) in [6.07, 6.45) is 1.53. The van der Waals surface area contributed by atoms with E-state index in [-0.39, 0.29) is 18.8 Å². The highest BCUT2D eigenvalue weighted by Crippen LogP contribution is 2.35. The molecule has 1 aliphatic heterocycles. The highest BCUT2D eigenvalue weighted by atomic mass is 32.2. The zero-order chi connectivity index (χ0) is 23.2. The van der Waals surface area contributed by atoms with Crippen LogP contribution in [-0.2, 0) is 27.7 Å². The number of halogens is 3. The molecule has 2 N–H and O–H groups in total. The molecule has 1 saturated heterocycles. The van der Waals surface area contributed by atoms with E-state index in [0.29, 0.717) is 23.4 Å². The molecule has 8 nitrogen and oxygen atoms in total. The largest absolute Gasteiger partial charge is 0.501 e. The standard InChI is InChI=1S/C19H19F3N4O4S/c1-18(2)16(27)26(14-3-5-15(6-4-14)31(29,30)19(20,21)22)17(28)25(18)11-12-7-8-24-13(9-12)10-23/h3-9H,10-11,23H2,1-2H3. The third kappa shape index (κ3) is 3.88. The first kappa shape index (κ1) is 22.7. The molecule has 0 radical (unpaired) electrons. The van der Waals surface area contributed by atoms with Gasteiger partial charge in [-0.25, -0.2) is 18.1 Å². The summed E-state index contributed by atoms with van der Waals surface area (Å²) >= 11 is 0. The van der Waals surface area contributed by atoms with Crippen molar-refractivity contribution in [1.29, 1.82) is 0 Å². The number of nitrogens with zero attached hydrogens (tertiary/aromatic N) is 3. The minimum Gasteiger partial charge on any atom is -0.325 e. The average molecular weight is 456 g/mol. The van der Waals surface area contributed by atoms with Gasteiger partial charge in [0.1, 0.15) is 5.54 Å². The van der Waals surface area contributed by atoms with Gasteiger partial charge in [0, 0.05) is 19.3 Å². The Hall–Kier alpha value is -2.99. The van der Waals surface area contributed by atoms with Gasteiger partial charge in [-0.1, -0.05) is 0 Å². The van der Waals surface area contributed by atoms with Crippen molar-refractivity contribution < 1.29 is 31.2 Å². The lowest BCUT2D eigenvalue weighted by atomic mass is 10.0. The van der Waals surface area contributed by atoms with E-state index in [2.05, 4.69) is 4.98 Å². The molecule has 1 aliphatic rings. The molecule has 1 fully saturated rings. The molecule has 12 heteroatoms. The highest BCUT2D eigenvalue weighted by Gasteiger charge is 2.52. The minimum atomic E-state index is -5.54. The molecule has 1 aromatic heterocycles. The molecule has 2 aromatic rings. The number of sulfone groups is 1. The molecular formula is C19H19F3N4O4S. The zero-order valence-corrected chi connectivity index (χ0v) is 17.4. The number of carbonyl (C=O) groups is 2. The second kappa shape index (κ2) is 7.61. The lowest BCUT2D eigenvalue weighted by Gasteiger charge is -2.27. The van der Waals surface area contributed by atoms with Crippen LogP contribution in [0.3, 0.4) is 0 Å². The van der Waals surface area contributed by atoms with Crippen LogP contribution in [-0.4, -0.2) is 41.3 Å². The van der Waals surface area contributed by atoms with Gasteiger partial charge >= 0.3 is 11.5 Å². The molecule has 31 heavy (non-hydrogen) atoms. The smallest absolute Gasteiger partial charge is 0.325 e. The number of alkyl halides is 3. The van der Waals surface area contributed by atoms with E-state index in [4.69, 9.17) is 5.73 Å². The van der Waals surface area contributed by atoms with Crippen LogP contribution in [0.5, 0.6) is 0 Å². The lowest BCUT2D eigenvalue weighted by molar-refractivity contribution is -0.123. The SMILES string of the molecule is CC1(C)C(=O)N(c2ccc(S(=O)(=O)C(F)(F)F)cc2)C(=O)N1Cc1ccnc(CN)c1. The fraction of sp³-hybridized carbons (Fsp3) is 0.316. The van der Waals surface area contributed by atoms with Gasteiger partial charge in [-0.05, 0) is 55.8 Å². The highest BCUT2D eigenvalue weighted by molar-refractivity contribution is 7.92. The summed E-state index contributed by atoms with van der Waals surface area (Å²) in [5.41, 5.74) is 0.128. The molecule has 0 aliphatic carbocycles. The summed E-state index contributed by atoms with van der Waals surface area (Å²) in [5.74, 6) is -0.600. The van der Waals surface area contributed by atoms with Gasteiger partial charge in [0.05, 0.1) is 16.3 Å². The zero-order valence-electron chi connectivity index (χ0n) is 16.5. The fourth-order valence-electron chi connectivity index (χ4n) is 3.16. The summed E-state index contributed by atoms with van der Waals surface area (Å²) in [6.45, 7) is 3.36. The Morgan fingerprint density at radius 1 is 1.10 bits per heavy atom. The van der Waals surface area contributed by atoms with Crippen LogP contribution in [0.1, 0.15) is 25.1 Å². The Kier molecular flexibility index (Phi) is 5.57. The monoisotopic (exact) mass is 456 g/mol. The molecule has 1 aromatic carbocycles. The van der Waals surface area contributed by atoms with Gasteiger partial charge in [0.15, 0.2) is 0 Å². The van der Waals surface area contributed by atoms with Gasteiger partial charge in [-0.3, -0.25) is 9.78 Å². The van der Waals surface area contributed by atoms with Crippen LogP contribution in [0.4, 0.5) is 23.7 Å². The molecule has 0 saturated carbocycles. The molecule has 0 atom stereocenters. The summed E-state index contributed by atoms with van der Waals surface area (Å²) in [5, 5.41) is 0. The average Bonchev–Trinajstić information content (AvgIpc) is 2.87. The number of nitrogens with two attached hydrogens (primary N) is 1. The van der Waals surface area contributed by atoms with Gasteiger partial charge in [-0.2, -0.15) is 13.2 Å². The van der Waals surface area contributed by atoms with Crippen molar-refractivity contribution >= 4 is 27.5 Å². The maximum Gasteiger partial charge on any atom is 0.501 e. The van der Waals surface area contributed by atoms with E-state index >= 15 is 0 Å². The van der Waals surface area contributed by atoms with Gasteiger partial charge < -0.3 is 10.6 Å². The second-order valence-corrected chi connectivity index (χ2v) is 9.31. The second-order valence-electron chi connectivity index (χ2n) is 7.37. The predicted octanol–water partition coefficient (Wildman–Crippen LogP) is 2.58. The number of rotatable bonds is 5. The molecule has 3 amide bonds. The Morgan fingerprint density at radius 2 is 1.71 bits per heavy atom. The minimum absolute atomic E-state index is 0.0379. The van der Waals surface area contributed by atoms with E-state index in [9.17, 15) is 31.2 Å². The molecule has 2 heterocycles. The number of pyridine rings is 1. The predicted molar refractivity (Wildman–Crippen MR) is 104 cm³/mol. The Balaban J connectivity index is 1.92. The van der Waals surface area contributed by atoms with E-state index in [1.54, 1.807) is 26.0 Å². The van der Waals surface area contributed by atoms with Crippen molar-refractivity contribution in [3.8, 4) is 0 Å². The topological polar surface area (TPSA) is 114 Å². The quantitative estimate of drug-likeness (QED) is 0.692. The van der Waals surface area contributed by atoms with Gasteiger partial charge in [0.25, 0.3) is 15.7 Å². The van der Waals surface area contributed by atoms with Crippen LogP contribution >= 0.6 is 0 Å². The number of hydrogen-bond donors (Lipinski definition) is 1. The van der Waals surface area contributed by atoms with Crippen molar-refractivity contribution in [2.24, 2.45) is 5.73 Å². The molecule has 0 unspecified atom stereocenters. The maximum absolute atomic E-state index is 13.0. The third-order valence-corrected chi connectivity index (χ3v) is 6.47. The summed E-state index contributed by atoms with van der Waals surface area (Å²) in [6, 6.07) is 6.10. The first-order valence-corrected chi connectivity index (χ1v) is 10.5. The summed E-state index contributed by atoms with van der Waals surface area (Å²) in [7, 11) is -5.54. The van der Waals surface area contributed by atoms with Crippen LogP contribution in [0.2, 0.25) is 0 Å². The van der Waals surface area contributed by atoms with E-state index in [0.717, 1.165) is 17.0 Å². The summed E-state index contributed by atoms with van der Waals surface area (Å²) in [4.78, 5) is 31.2. The van der Waals surface area contributed by atoms with Gasteiger partial charge in [0.2, 0.25) is 0 Å². The first-order valence-electron chi connectivity index (χ1n) is 9.02. The van der Waals surface area contributed by atoms with Gasteiger partial charge in [-0.15, -0.1) is 0 Å². The number of aromatic nitrogens is 1. The Morgan fingerprint density at radius 3 is 2.26 bits per heavy atom. The Labute approximate surface area is 176 Å². The fourth-order valence-corrected chi connectivity index (χ4v) is 3.92. The number of imide groups is 1. The van der Waals surface area contributed by atoms with Crippen molar-refractivity contribution in [2.45, 2.75) is 42.9 Å². The van der Waals surface area contributed by atoms with Crippen LogP contribution in [0, 0.1) is 0 Å². The van der Waals surface area contributed by atoms with Crippen molar-refractivity contribution in [3.63, 3.8) is 0 Å². The normalized spacial score (nSPS) is 16.8. The lowest BCUT2D eigenvalue weighted by Crippen LogP contribution is -2.43. The number of urea groups is 1. The maximum atomic E-state index is 13.0. The third-order valence-electron chi connectivity index (χ3n) is 4.96.